The molecule has 3 fully saturated rings. The second kappa shape index (κ2) is 5.64. The Balaban J connectivity index is 1.48. The highest BCUT2D eigenvalue weighted by Gasteiger charge is 2.47. The number of hydrogen-bond acceptors (Lipinski definition) is 3. The van der Waals surface area contributed by atoms with Crippen LogP contribution in [0.3, 0.4) is 0 Å². The molecule has 2 atom stereocenters. The van der Waals surface area contributed by atoms with Crippen LogP contribution < -0.4 is 5.32 Å². The lowest BCUT2D eigenvalue weighted by Gasteiger charge is -2.40. The number of morpholine rings is 1. The highest BCUT2D eigenvalue weighted by molar-refractivity contribution is 7.86. The molecule has 2 saturated carbocycles. The van der Waals surface area contributed by atoms with Crippen LogP contribution in [-0.4, -0.2) is 58.5 Å². The van der Waals surface area contributed by atoms with E-state index in [2.05, 4.69) is 5.32 Å². The van der Waals surface area contributed by atoms with Gasteiger partial charge in [-0.15, -0.1) is 0 Å². The molecule has 0 spiro atoms. The van der Waals surface area contributed by atoms with E-state index in [1.54, 1.807) is 6.26 Å². The fourth-order valence-corrected chi connectivity index (χ4v) is 3.96. The molecular formula is C14H24N2O3S. The Bertz CT molecular complexity index is 407. The lowest BCUT2D eigenvalue weighted by molar-refractivity contribution is -0.0628. The van der Waals surface area contributed by atoms with Gasteiger partial charge in [-0.1, -0.05) is 6.42 Å². The van der Waals surface area contributed by atoms with Gasteiger partial charge in [-0.05, 0) is 31.6 Å². The monoisotopic (exact) mass is 300 g/mol. The molecule has 114 valence electrons. The van der Waals surface area contributed by atoms with Gasteiger partial charge < -0.3 is 15.0 Å². The molecule has 0 radical (unpaired) electrons. The third-order valence-corrected chi connectivity index (χ3v) is 6.81. The van der Waals surface area contributed by atoms with Gasteiger partial charge in [0, 0.05) is 36.7 Å². The van der Waals surface area contributed by atoms with Crippen LogP contribution in [0.25, 0.3) is 0 Å². The Kier molecular flexibility index (Phi) is 4.04. The first-order valence-corrected chi connectivity index (χ1v) is 9.14. The van der Waals surface area contributed by atoms with E-state index in [1.165, 1.54) is 19.3 Å². The number of hydrogen-bond donors (Lipinski definition) is 1. The zero-order valence-corrected chi connectivity index (χ0v) is 12.9. The summed E-state index contributed by atoms with van der Waals surface area (Å²) in [5.41, 5.74) is 0. The largest absolute Gasteiger partial charge is 0.374 e. The van der Waals surface area contributed by atoms with Gasteiger partial charge >= 0.3 is 6.03 Å². The summed E-state index contributed by atoms with van der Waals surface area (Å²) >= 11 is 0. The molecule has 5 nitrogen and oxygen atoms in total. The van der Waals surface area contributed by atoms with Crippen LogP contribution in [0.2, 0.25) is 0 Å². The predicted octanol–water partition coefficient (Wildman–Crippen LogP) is 1.11. The van der Waals surface area contributed by atoms with E-state index in [4.69, 9.17) is 4.74 Å². The predicted molar refractivity (Wildman–Crippen MR) is 78.1 cm³/mol. The molecule has 20 heavy (non-hydrogen) atoms. The molecule has 1 N–H and O–H groups in total. The number of nitrogens with one attached hydrogen (secondary N) is 1. The van der Waals surface area contributed by atoms with Crippen molar-refractivity contribution in [2.45, 2.75) is 43.0 Å². The van der Waals surface area contributed by atoms with Crippen LogP contribution in [0.1, 0.15) is 32.1 Å². The zero-order valence-electron chi connectivity index (χ0n) is 12.1. The smallest absolute Gasteiger partial charge is 0.317 e. The standard InChI is InChI=1S/C14H24N2O3S/c1-20(18)14(5-6-14)10-15-13(17)16-7-8-19-12(9-16)11-3-2-4-11/h11-12H,2-10H2,1H3,(H,15,17). The van der Waals surface area contributed by atoms with Gasteiger partial charge in [-0.2, -0.15) is 0 Å². The van der Waals surface area contributed by atoms with Crippen molar-refractivity contribution in [2.24, 2.45) is 5.92 Å². The maximum absolute atomic E-state index is 12.2. The second-order valence-corrected chi connectivity index (χ2v) is 8.12. The molecule has 0 aromatic carbocycles. The Hall–Kier alpha value is -0.620. The summed E-state index contributed by atoms with van der Waals surface area (Å²) in [5.74, 6) is 0.642. The summed E-state index contributed by atoms with van der Waals surface area (Å²) in [6, 6.07) is -0.0191. The molecule has 1 saturated heterocycles. The average molecular weight is 300 g/mol. The maximum Gasteiger partial charge on any atom is 0.317 e. The van der Waals surface area contributed by atoms with Crippen LogP contribution >= 0.6 is 0 Å². The summed E-state index contributed by atoms with van der Waals surface area (Å²) < 4.78 is 17.3. The van der Waals surface area contributed by atoms with E-state index in [0.29, 0.717) is 32.2 Å². The lowest BCUT2D eigenvalue weighted by atomic mass is 9.80. The summed E-state index contributed by atoms with van der Waals surface area (Å²) in [6.45, 7) is 2.55. The molecule has 2 unspecified atom stereocenters. The van der Waals surface area contributed by atoms with Crippen molar-refractivity contribution in [3.8, 4) is 0 Å². The highest BCUT2D eigenvalue weighted by Crippen LogP contribution is 2.40. The van der Waals surface area contributed by atoms with Gasteiger partial charge in [0.05, 0.1) is 17.5 Å². The first kappa shape index (κ1) is 14.3. The maximum atomic E-state index is 12.2. The molecule has 2 amide bonds. The highest BCUT2D eigenvalue weighted by atomic mass is 32.2. The van der Waals surface area contributed by atoms with E-state index in [-0.39, 0.29) is 16.9 Å². The molecule has 1 heterocycles. The SMILES string of the molecule is CS(=O)C1(CNC(=O)N2CCOC(C3CCC3)C2)CC1. The minimum absolute atomic E-state index is 0.0191. The Morgan fingerprint density at radius 1 is 1.45 bits per heavy atom. The molecule has 2 aliphatic carbocycles. The Morgan fingerprint density at radius 2 is 2.20 bits per heavy atom. The van der Waals surface area contributed by atoms with E-state index < -0.39 is 10.8 Å². The number of carbonyl (C=O) groups excluding carboxylic acids is 1. The van der Waals surface area contributed by atoms with Crippen molar-refractivity contribution >= 4 is 16.8 Å². The average Bonchev–Trinajstić information content (AvgIpc) is 3.15. The van der Waals surface area contributed by atoms with Gasteiger partial charge in [0.25, 0.3) is 0 Å². The van der Waals surface area contributed by atoms with Crippen molar-refractivity contribution in [3.63, 3.8) is 0 Å². The van der Waals surface area contributed by atoms with Gasteiger partial charge in [0.1, 0.15) is 0 Å². The van der Waals surface area contributed by atoms with Gasteiger partial charge in [-0.3, -0.25) is 4.21 Å². The Morgan fingerprint density at radius 3 is 2.75 bits per heavy atom. The molecule has 3 aliphatic rings. The summed E-state index contributed by atoms with van der Waals surface area (Å²) in [6.07, 6.45) is 7.64. The minimum Gasteiger partial charge on any atom is -0.374 e. The van der Waals surface area contributed by atoms with E-state index in [0.717, 1.165) is 12.8 Å². The summed E-state index contributed by atoms with van der Waals surface area (Å²) in [5, 5.41) is 2.97. The quantitative estimate of drug-likeness (QED) is 0.846. The van der Waals surface area contributed by atoms with Gasteiger partial charge in [0.15, 0.2) is 0 Å². The fourth-order valence-electron chi connectivity index (χ4n) is 3.01. The van der Waals surface area contributed by atoms with Crippen LogP contribution in [0.4, 0.5) is 4.79 Å². The van der Waals surface area contributed by atoms with Crippen molar-refractivity contribution in [1.29, 1.82) is 0 Å². The topological polar surface area (TPSA) is 58.6 Å². The number of carbonyl (C=O) groups is 1. The number of nitrogens with zero attached hydrogens (tertiary/aromatic N) is 1. The third kappa shape index (κ3) is 2.86. The van der Waals surface area contributed by atoms with Gasteiger partial charge in [0.2, 0.25) is 0 Å². The molecule has 6 heteroatoms. The van der Waals surface area contributed by atoms with Crippen molar-refractivity contribution < 1.29 is 13.7 Å². The number of amides is 2. The van der Waals surface area contributed by atoms with Crippen molar-refractivity contribution in [2.75, 3.05) is 32.5 Å². The van der Waals surface area contributed by atoms with Crippen molar-refractivity contribution in [1.82, 2.24) is 10.2 Å². The second-order valence-electron chi connectivity index (χ2n) is 6.34. The number of urea groups is 1. The first-order chi connectivity index (χ1) is 9.61. The summed E-state index contributed by atoms with van der Waals surface area (Å²) in [7, 11) is -0.851. The van der Waals surface area contributed by atoms with Crippen LogP contribution in [0, 0.1) is 5.92 Å². The molecular weight excluding hydrogens is 276 g/mol. The van der Waals surface area contributed by atoms with Crippen LogP contribution in [0.15, 0.2) is 0 Å². The fraction of sp³-hybridized carbons (Fsp3) is 0.929. The van der Waals surface area contributed by atoms with E-state index in [1.807, 2.05) is 4.90 Å². The molecule has 0 bridgehead atoms. The first-order valence-electron chi connectivity index (χ1n) is 7.59. The van der Waals surface area contributed by atoms with E-state index in [9.17, 15) is 9.00 Å². The van der Waals surface area contributed by atoms with Crippen molar-refractivity contribution in [3.05, 3.63) is 0 Å². The molecule has 1 aliphatic heterocycles. The third-order valence-electron chi connectivity index (χ3n) is 5.04. The molecule has 3 rings (SSSR count). The summed E-state index contributed by atoms with van der Waals surface area (Å²) in [4.78, 5) is 14.1. The lowest BCUT2D eigenvalue weighted by Crippen LogP contribution is -2.53. The van der Waals surface area contributed by atoms with Gasteiger partial charge in [-0.25, -0.2) is 4.79 Å². The zero-order chi connectivity index (χ0) is 14.2. The number of ether oxygens (including phenoxy) is 1. The number of rotatable bonds is 4. The Labute approximate surface area is 122 Å². The molecule has 0 aromatic heterocycles. The molecule has 0 aromatic rings. The minimum atomic E-state index is -0.851. The normalized spacial score (nSPS) is 30.4. The van der Waals surface area contributed by atoms with E-state index >= 15 is 0 Å². The van der Waals surface area contributed by atoms with Crippen LogP contribution in [0.5, 0.6) is 0 Å². The van der Waals surface area contributed by atoms with Crippen LogP contribution in [-0.2, 0) is 15.5 Å².